The lowest BCUT2D eigenvalue weighted by molar-refractivity contribution is -0.159. The fraction of sp³-hybridized carbons (Fsp3) is 0.130. The first kappa shape index (κ1) is 23.8. The molecular weight excluding hydrogens is 473 g/mol. The lowest BCUT2D eigenvalue weighted by atomic mass is 10.2. The molecule has 3 heterocycles. The van der Waals surface area contributed by atoms with Crippen LogP contribution in [0, 0.1) is 0 Å². The van der Waals surface area contributed by atoms with E-state index in [2.05, 4.69) is 25.1 Å². The lowest BCUT2D eigenvalue weighted by Crippen LogP contribution is -2.19. The molecule has 0 fully saturated rings. The number of aromatic nitrogens is 4. The molecule has 3 aromatic heterocycles. The minimum atomic E-state index is -4.69. The smallest absolute Gasteiger partial charge is 0.433 e. The Bertz CT molecular complexity index is 1320. The zero-order valence-electron chi connectivity index (χ0n) is 17.9. The third-order valence-electron chi connectivity index (χ3n) is 4.59. The Kier molecular flexibility index (Phi) is 6.20. The first-order valence-corrected chi connectivity index (χ1v) is 10.0. The second kappa shape index (κ2) is 9.12. The Morgan fingerprint density at radius 2 is 1.74 bits per heavy atom. The van der Waals surface area contributed by atoms with Crippen LogP contribution in [0.4, 0.5) is 27.6 Å². The van der Waals surface area contributed by atoms with E-state index in [1.165, 1.54) is 55.0 Å². The Hall–Kier alpha value is -4.35. The number of nitrogens with one attached hydrogen (secondary N) is 1. The highest BCUT2D eigenvalue weighted by Crippen LogP contribution is 2.33. The molecule has 0 radical (unpaired) electrons. The zero-order valence-corrected chi connectivity index (χ0v) is 17.9. The molecule has 0 unspecified atom stereocenters. The van der Waals surface area contributed by atoms with Crippen LogP contribution in [0.25, 0.3) is 17.1 Å². The predicted octanol–water partition coefficient (Wildman–Crippen LogP) is 5.59. The number of anilines is 1. The molecule has 0 atom stereocenters. The number of benzene rings is 1. The van der Waals surface area contributed by atoms with Crippen molar-refractivity contribution < 1.29 is 31.5 Å². The van der Waals surface area contributed by atoms with Crippen LogP contribution < -0.4 is 10.1 Å². The third-order valence-corrected chi connectivity index (χ3v) is 4.59. The molecule has 1 N–H and O–H groups in total. The van der Waals surface area contributed by atoms with Crippen molar-refractivity contribution in [1.29, 1.82) is 0 Å². The molecule has 0 saturated carbocycles. The molecule has 180 valence electrons. The molecule has 12 heteroatoms. The van der Waals surface area contributed by atoms with E-state index in [1.807, 2.05) is 0 Å². The van der Waals surface area contributed by atoms with Crippen molar-refractivity contribution in [1.82, 2.24) is 19.7 Å². The van der Waals surface area contributed by atoms with Gasteiger partial charge in [0.2, 0.25) is 0 Å². The van der Waals surface area contributed by atoms with E-state index in [0.29, 0.717) is 17.2 Å². The maximum atomic E-state index is 13.6. The number of pyridine rings is 2. The summed E-state index contributed by atoms with van der Waals surface area (Å²) in [5.41, 5.74) is -0.209. The predicted molar refractivity (Wildman–Crippen MR) is 115 cm³/mol. The van der Waals surface area contributed by atoms with Gasteiger partial charge in [0.15, 0.2) is 11.5 Å². The summed E-state index contributed by atoms with van der Waals surface area (Å²) in [4.78, 5) is 20.3. The molecule has 4 rings (SSSR count). The number of carbonyl (C=O) groups excluding carboxylic acids is 1. The van der Waals surface area contributed by atoms with Crippen LogP contribution in [0.15, 0.2) is 73.2 Å². The summed E-state index contributed by atoms with van der Waals surface area (Å²) < 4.78 is 71.7. The maximum absolute atomic E-state index is 13.6. The molecule has 0 saturated heterocycles. The fourth-order valence-corrected chi connectivity index (χ4v) is 3.08. The van der Waals surface area contributed by atoms with Crippen LogP contribution in [-0.2, 0) is 6.18 Å². The van der Waals surface area contributed by atoms with Gasteiger partial charge in [-0.2, -0.15) is 27.1 Å². The Morgan fingerprint density at radius 3 is 2.31 bits per heavy atom. The van der Waals surface area contributed by atoms with Crippen molar-refractivity contribution in [3.05, 3.63) is 84.4 Å². The van der Waals surface area contributed by atoms with Gasteiger partial charge in [0.25, 0.3) is 5.91 Å². The summed E-state index contributed by atoms with van der Waals surface area (Å²) >= 11 is 0. The molecular formula is C23H16F5N5O2. The molecule has 0 bridgehead atoms. The van der Waals surface area contributed by atoms with Gasteiger partial charge >= 0.3 is 12.3 Å². The Morgan fingerprint density at radius 1 is 1.00 bits per heavy atom. The van der Waals surface area contributed by atoms with Gasteiger partial charge in [-0.3, -0.25) is 9.78 Å². The summed E-state index contributed by atoms with van der Waals surface area (Å²) in [6.07, 6.45) is -4.00. The van der Waals surface area contributed by atoms with Crippen LogP contribution in [-0.4, -0.2) is 31.8 Å². The molecule has 1 amide bonds. The number of ether oxygens (including phenoxy) is 1. The summed E-state index contributed by atoms with van der Waals surface area (Å²) in [6, 6.07) is 11.7. The van der Waals surface area contributed by atoms with E-state index in [1.54, 1.807) is 12.1 Å². The van der Waals surface area contributed by atoms with Crippen molar-refractivity contribution in [2.45, 2.75) is 19.2 Å². The normalized spacial score (nSPS) is 11.8. The number of hydrogen-bond acceptors (Lipinski definition) is 5. The molecule has 0 aliphatic carbocycles. The van der Waals surface area contributed by atoms with E-state index in [0.717, 1.165) is 6.07 Å². The highest BCUT2D eigenvalue weighted by molar-refractivity contribution is 6.04. The van der Waals surface area contributed by atoms with E-state index in [-0.39, 0.29) is 28.5 Å². The number of carbonyl (C=O) groups is 1. The Labute approximate surface area is 195 Å². The van der Waals surface area contributed by atoms with E-state index < -0.39 is 23.9 Å². The highest BCUT2D eigenvalue weighted by Gasteiger charge is 2.37. The number of amides is 1. The standard InChI is InChI=1S/C23H16F5N5O2/c1-22(24,25)35-17-7-4-14(5-8-17)21(34)31-16-6-9-20(30-13-16)33-19(23(26,27)28)11-18(32-33)15-3-2-10-29-12-15/h2-13H,1H3,(H,31,34). The maximum Gasteiger partial charge on any atom is 0.433 e. The molecule has 0 aliphatic rings. The summed E-state index contributed by atoms with van der Waals surface area (Å²) in [7, 11) is 0. The van der Waals surface area contributed by atoms with Crippen LogP contribution >= 0.6 is 0 Å². The lowest BCUT2D eigenvalue weighted by Gasteiger charge is -2.13. The molecule has 7 nitrogen and oxygen atoms in total. The average molecular weight is 489 g/mol. The number of rotatable bonds is 6. The van der Waals surface area contributed by atoms with Crippen molar-refractivity contribution in [2.75, 3.05) is 5.32 Å². The fourth-order valence-electron chi connectivity index (χ4n) is 3.08. The van der Waals surface area contributed by atoms with Gasteiger partial charge in [0.05, 0.1) is 17.6 Å². The number of nitrogens with zero attached hydrogens (tertiary/aromatic N) is 4. The Balaban J connectivity index is 1.53. The summed E-state index contributed by atoms with van der Waals surface area (Å²) in [5.74, 6) is -0.818. The van der Waals surface area contributed by atoms with Gasteiger partial charge in [-0.15, -0.1) is 0 Å². The second-order valence-electron chi connectivity index (χ2n) is 7.36. The number of alkyl halides is 5. The van der Waals surface area contributed by atoms with Crippen LogP contribution in [0.5, 0.6) is 5.75 Å². The van der Waals surface area contributed by atoms with Gasteiger partial charge in [-0.1, -0.05) is 0 Å². The van der Waals surface area contributed by atoms with Crippen molar-refractivity contribution in [3.8, 4) is 22.8 Å². The quantitative estimate of drug-likeness (QED) is 0.357. The molecule has 35 heavy (non-hydrogen) atoms. The average Bonchev–Trinajstić information content (AvgIpc) is 3.26. The molecule has 4 aromatic rings. The third kappa shape index (κ3) is 5.78. The molecule has 1 aromatic carbocycles. The molecule has 0 spiro atoms. The minimum Gasteiger partial charge on any atom is -0.433 e. The first-order valence-electron chi connectivity index (χ1n) is 10.0. The van der Waals surface area contributed by atoms with Crippen molar-refractivity contribution >= 4 is 11.6 Å². The van der Waals surface area contributed by atoms with Gasteiger partial charge in [-0.25, -0.2) is 9.67 Å². The summed E-state index contributed by atoms with van der Waals surface area (Å²) in [6.45, 7) is 0.588. The highest BCUT2D eigenvalue weighted by atomic mass is 19.4. The van der Waals surface area contributed by atoms with Gasteiger partial charge < -0.3 is 10.1 Å². The SMILES string of the molecule is CC(F)(F)Oc1ccc(C(=O)Nc2ccc(-n3nc(-c4cccnc4)cc3C(F)(F)F)nc2)cc1. The van der Waals surface area contributed by atoms with E-state index in [4.69, 9.17) is 0 Å². The van der Waals surface area contributed by atoms with Gasteiger partial charge in [0, 0.05) is 30.4 Å². The zero-order chi connectivity index (χ0) is 25.2. The molecule has 0 aliphatic heterocycles. The largest absolute Gasteiger partial charge is 0.433 e. The minimum absolute atomic E-state index is 0.0675. The van der Waals surface area contributed by atoms with E-state index >= 15 is 0 Å². The first-order chi connectivity index (χ1) is 16.5. The van der Waals surface area contributed by atoms with Crippen LogP contribution in [0.2, 0.25) is 0 Å². The topological polar surface area (TPSA) is 81.9 Å². The van der Waals surface area contributed by atoms with Crippen LogP contribution in [0.1, 0.15) is 23.0 Å². The van der Waals surface area contributed by atoms with Gasteiger partial charge in [0.1, 0.15) is 5.75 Å². The number of halogens is 5. The monoisotopic (exact) mass is 489 g/mol. The van der Waals surface area contributed by atoms with Crippen molar-refractivity contribution in [2.24, 2.45) is 0 Å². The second-order valence-corrected chi connectivity index (χ2v) is 7.36. The summed E-state index contributed by atoms with van der Waals surface area (Å²) in [5, 5.41) is 6.56. The van der Waals surface area contributed by atoms with E-state index in [9.17, 15) is 26.7 Å². The van der Waals surface area contributed by atoms with Crippen LogP contribution in [0.3, 0.4) is 0 Å². The van der Waals surface area contributed by atoms with Crippen molar-refractivity contribution in [3.63, 3.8) is 0 Å². The number of hydrogen-bond donors (Lipinski definition) is 1. The van der Waals surface area contributed by atoms with Gasteiger partial charge in [-0.05, 0) is 54.6 Å².